The molecule has 2 N–H and O–H groups in total. The van der Waals surface area contributed by atoms with Gasteiger partial charge in [-0.2, -0.15) is 0 Å². The summed E-state index contributed by atoms with van der Waals surface area (Å²) in [4.78, 5) is 10.8. The molecule has 1 fully saturated rings. The van der Waals surface area contributed by atoms with Gasteiger partial charge in [-0.3, -0.25) is 4.79 Å². The molecule has 1 atom stereocenters. The first-order chi connectivity index (χ1) is 9.74. The zero-order chi connectivity index (χ0) is 14.2. The molecule has 2 rings (SSSR count). The van der Waals surface area contributed by atoms with Crippen molar-refractivity contribution >= 4 is 5.97 Å². The fourth-order valence-corrected chi connectivity index (χ4v) is 3.04. The molecular formula is C17H25NO2. The molecule has 0 aromatic heterocycles. The number of carboxylic acids is 1. The van der Waals surface area contributed by atoms with Gasteiger partial charge in [0.05, 0.1) is 0 Å². The molecule has 0 aliphatic heterocycles. The lowest BCUT2D eigenvalue weighted by Gasteiger charge is -2.28. The summed E-state index contributed by atoms with van der Waals surface area (Å²) in [6.45, 7) is 0. The van der Waals surface area contributed by atoms with Gasteiger partial charge in [-0.25, -0.2) is 0 Å². The maximum Gasteiger partial charge on any atom is 0.303 e. The van der Waals surface area contributed by atoms with Crippen LogP contribution in [0.2, 0.25) is 0 Å². The smallest absolute Gasteiger partial charge is 0.303 e. The van der Waals surface area contributed by atoms with Crippen LogP contribution in [-0.2, 0) is 11.2 Å². The molecule has 20 heavy (non-hydrogen) atoms. The molecule has 110 valence electrons. The average molecular weight is 275 g/mol. The van der Waals surface area contributed by atoms with Crippen molar-refractivity contribution in [3.05, 3.63) is 35.9 Å². The molecule has 0 saturated heterocycles. The van der Waals surface area contributed by atoms with E-state index in [0.29, 0.717) is 12.5 Å². The third-order valence-corrected chi connectivity index (χ3v) is 4.11. The maximum atomic E-state index is 10.8. The molecule has 3 nitrogen and oxygen atoms in total. The van der Waals surface area contributed by atoms with Crippen molar-refractivity contribution < 1.29 is 9.90 Å². The molecule has 1 aliphatic rings. The average Bonchev–Trinajstić information content (AvgIpc) is 2.47. The van der Waals surface area contributed by atoms with Gasteiger partial charge in [-0.05, 0) is 31.2 Å². The number of rotatable bonds is 7. The number of carbonyl (C=O) groups is 1. The molecule has 1 aromatic rings. The third kappa shape index (κ3) is 5.33. The van der Waals surface area contributed by atoms with E-state index in [1.807, 2.05) is 18.2 Å². The van der Waals surface area contributed by atoms with Crippen LogP contribution in [0.15, 0.2) is 30.3 Å². The summed E-state index contributed by atoms with van der Waals surface area (Å²) < 4.78 is 0. The highest BCUT2D eigenvalue weighted by Crippen LogP contribution is 2.19. The summed E-state index contributed by atoms with van der Waals surface area (Å²) in [6.07, 6.45) is 8.29. The predicted octanol–water partition coefficient (Wildman–Crippen LogP) is 3.38. The number of aliphatic carboxylic acids is 1. The van der Waals surface area contributed by atoms with Gasteiger partial charge in [0.25, 0.3) is 0 Å². The first kappa shape index (κ1) is 15.0. The van der Waals surface area contributed by atoms with Crippen molar-refractivity contribution in [3.63, 3.8) is 0 Å². The fraction of sp³-hybridized carbons (Fsp3) is 0.588. The van der Waals surface area contributed by atoms with Gasteiger partial charge >= 0.3 is 5.97 Å². The quantitative estimate of drug-likeness (QED) is 0.802. The SMILES string of the molecule is O=C(O)CCC(Cc1ccccc1)NC1CCCCC1. The zero-order valence-electron chi connectivity index (χ0n) is 12.1. The van der Waals surface area contributed by atoms with Crippen LogP contribution < -0.4 is 5.32 Å². The molecule has 0 amide bonds. The fourth-order valence-electron chi connectivity index (χ4n) is 3.04. The van der Waals surface area contributed by atoms with Crippen LogP contribution in [0.4, 0.5) is 0 Å². The van der Waals surface area contributed by atoms with E-state index in [0.717, 1.165) is 6.42 Å². The largest absolute Gasteiger partial charge is 0.481 e. The summed E-state index contributed by atoms with van der Waals surface area (Å²) >= 11 is 0. The standard InChI is InChI=1S/C17H25NO2/c19-17(20)12-11-16(13-14-7-3-1-4-8-14)18-15-9-5-2-6-10-15/h1,3-4,7-8,15-16,18H,2,5-6,9-13H2,(H,19,20). The molecule has 1 unspecified atom stereocenters. The second-order valence-electron chi connectivity index (χ2n) is 5.82. The normalized spacial score (nSPS) is 17.8. The Hall–Kier alpha value is -1.35. The van der Waals surface area contributed by atoms with E-state index >= 15 is 0 Å². The highest BCUT2D eigenvalue weighted by Gasteiger charge is 2.18. The van der Waals surface area contributed by atoms with Gasteiger partial charge in [-0.15, -0.1) is 0 Å². The van der Waals surface area contributed by atoms with Crippen molar-refractivity contribution in [2.75, 3.05) is 0 Å². The Labute approximate surface area is 121 Å². The molecule has 1 aromatic carbocycles. The van der Waals surface area contributed by atoms with E-state index in [-0.39, 0.29) is 12.5 Å². The molecule has 3 heteroatoms. The van der Waals surface area contributed by atoms with Crippen LogP contribution in [0, 0.1) is 0 Å². The second kappa shape index (κ2) is 8.05. The Morgan fingerprint density at radius 2 is 1.90 bits per heavy atom. The summed E-state index contributed by atoms with van der Waals surface area (Å²) in [5.74, 6) is -0.700. The van der Waals surface area contributed by atoms with Crippen LogP contribution >= 0.6 is 0 Å². The van der Waals surface area contributed by atoms with Gasteiger partial charge in [-0.1, -0.05) is 49.6 Å². The third-order valence-electron chi connectivity index (χ3n) is 4.11. The van der Waals surface area contributed by atoms with Gasteiger partial charge in [0.1, 0.15) is 0 Å². The first-order valence-corrected chi connectivity index (χ1v) is 7.76. The van der Waals surface area contributed by atoms with Crippen molar-refractivity contribution in [1.82, 2.24) is 5.32 Å². The Balaban J connectivity index is 1.90. The minimum absolute atomic E-state index is 0.247. The number of nitrogens with one attached hydrogen (secondary N) is 1. The molecular weight excluding hydrogens is 250 g/mol. The molecule has 0 heterocycles. The van der Waals surface area contributed by atoms with E-state index < -0.39 is 5.97 Å². The highest BCUT2D eigenvalue weighted by atomic mass is 16.4. The van der Waals surface area contributed by atoms with Crippen LogP contribution in [-0.4, -0.2) is 23.2 Å². The number of hydrogen-bond acceptors (Lipinski definition) is 2. The van der Waals surface area contributed by atoms with Crippen LogP contribution in [0.1, 0.15) is 50.5 Å². The van der Waals surface area contributed by atoms with Crippen molar-refractivity contribution in [1.29, 1.82) is 0 Å². The Morgan fingerprint density at radius 1 is 1.20 bits per heavy atom. The van der Waals surface area contributed by atoms with Crippen molar-refractivity contribution in [3.8, 4) is 0 Å². The number of carboxylic acid groups (broad SMARTS) is 1. The topological polar surface area (TPSA) is 49.3 Å². The highest BCUT2D eigenvalue weighted by molar-refractivity contribution is 5.66. The van der Waals surface area contributed by atoms with Crippen molar-refractivity contribution in [2.24, 2.45) is 0 Å². The summed E-state index contributed by atoms with van der Waals surface area (Å²) in [5.41, 5.74) is 1.28. The van der Waals surface area contributed by atoms with Crippen LogP contribution in [0.25, 0.3) is 0 Å². The predicted molar refractivity (Wildman–Crippen MR) is 80.8 cm³/mol. The minimum Gasteiger partial charge on any atom is -0.481 e. The molecule has 1 aliphatic carbocycles. The van der Waals surface area contributed by atoms with Crippen LogP contribution in [0.5, 0.6) is 0 Å². The second-order valence-corrected chi connectivity index (χ2v) is 5.82. The lowest BCUT2D eigenvalue weighted by molar-refractivity contribution is -0.137. The summed E-state index contributed by atoms with van der Waals surface area (Å²) in [7, 11) is 0. The molecule has 0 spiro atoms. The van der Waals surface area contributed by atoms with Gasteiger partial charge in [0, 0.05) is 18.5 Å². The van der Waals surface area contributed by atoms with E-state index in [2.05, 4.69) is 17.4 Å². The van der Waals surface area contributed by atoms with E-state index in [4.69, 9.17) is 5.11 Å². The van der Waals surface area contributed by atoms with Gasteiger partial charge < -0.3 is 10.4 Å². The van der Waals surface area contributed by atoms with Gasteiger partial charge in [0.15, 0.2) is 0 Å². The van der Waals surface area contributed by atoms with E-state index in [1.165, 1.54) is 37.7 Å². The minimum atomic E-state index is -0.700. The lowest BCUT2D eigenvalue weighted by Crippen LogP contribution is -2.41. The zero-order valence-corrected chi connectivity index (χ0v) is 12.1. The molecule has 1 saturated carbocycles. The molecule has 0 radical (unpaired) electrons. The summed E-state index contributed by atoms with van der Waals surface area (Å²) in [6, 6.07) is 11.2. The van der Waals surface area contributed by atoms with Crippen LogP contribution in [0.3, 0.4) is 0 Å². The first-order valence-electron chi connectivity index (χ1n) is 7.76. The van der Waals surface area contributed by atoms with Crippen molar-refractivity contribution in [2.45, 2.75) is 63.5 Å². The van der Waals surface area contributed by atoms with E-state index in [9.17, 15) is 4.79 Å². The number of benzene rings is 1. The summed E-state index contributed by atoms with van der Waals surface area (Å²) in [5, 5.41) is 12.6. The maximum absolute atomic E-state index is 10.8. The Kier molecular flexibility index (Phi) is 6.06. The lowest BCUT2D eigenvalue weighted by atomic mass is 9.93. The number of hydrogen-bond donors (Lipinski definition) is 2. The Bertz CT molecular complexity index is 399. The van der Waals surface area contributed by atoms with Gasteiger partial charge in [0.2, 0.25) is 0 Å². The Morgan fingerprint density at radius 3 is 2.55 bits per heavy atom. The monoisotopic (exact) mass is 275 g/mol. The van der Waals surface area contributed by atoms with E-state index in [1.54, 1.807) is 0 Å². The molecule has 0 bridgehead atoms.